The zero-order valence-corrected chi connectivity index (χ0v) is 19.5. The molecule has 0 atom stereocenters. The van der Waals surface area contributed by atoms with E-state index in [1.54, 1.807) is 4.68 Å². The Bertz CT molecular complexity index is 1320. The minimum absolute atomic E-state index is 0.207. The van der Waals surface area contributed by atoms with Gasteiger partial charge in [0.2, 0.25) is 6.79 Å². The van der Waals surface area contributed by atoms with Gasteiger partial charge in [0.05, 0.1) is 11.4 Å². The summed E-state index contributed by atoms with van der Waals surface area (Å²) in [4.78, 5) is 22.1. The maximum atomic E-state index is 13.1. The van der Waals surface area contributed by atoms with Crippen LogP contribution in [0.25, 0.3) is 5.69 Å². The third-order valence-electron chi connectivity index (χ3n) is 5.17. The van der Waals surface area contributed by atoms with Crippen molar-refractivity contribution in [3.05, 3.63) is 82.9 Å². The fraction of sp³-hybridized carbons (Fsp3) is 0.208. The van der Waals surface area contributed by atoms with Gasteiger partial charge in [-0.3, -0.25) is 4.79 Å². The smallest absolute Gasteiger partial charge is 0.274 e. The number of fused-ring (bicyclic) bond motifs is 1. The molecule has 2 aromatic heterocycles. The van der Waals surface area contributed by atoms with E-state index in [1.165, 1.54) is 11.8 Å². The lowest BCUT2D eigenvalue weighted by Gasteiger charge is -2.09. The van der Waals surface area contributed by atoms with Crippen molar-refractivity contribution in [3.63, 3.8) is 0 Å². The first kappa shape index (κ1) is 21.9. The molecule has 1 aliphatic heterocycles. The molecule has 1 aliphatic rings. The number of carbonyl (C=O) groups excluding carboxylic acids is 1. The van der Waals surface area contributed by atoms with Crippen LogP contribution in [0.2, 0.25) is 0 Å². The quantitative estimate of drug-likeness (QED) is 0.320. The Kier molecular flexibility index (Phi) is 6.13. The highest BCUT2D eigenvalue weighted by atomic mass is 32.2. The van der Waals surface area contributed by atoms with Gasteiger partial charge in [-0.05, 0) is 49.7 Å². The fourth-order valence-corrected chi connectivity index (χ4v) is 4.53. The maximum Gasteiger partial charge on any atom is 0.274 e. The van der Waals surface area contributed by atoms with Gasteiger partial charge in [0.15, 0.2) is 22.3 Å². The first-order valence-corrected chi connectivity index (χ1v) is 11.7. The summed E-state index contributed by atoms with van der Waals surface area (Å²) in [6.07, 6.45) is 0. The molecular formula is C24H22N6O3S. The van der Waals surface area contributed by atoms with Crippen LogP contribution < -0.4 is 14.8 Å². The molecule has 172 valence electrons. The summed E-state index contributed by atoms with van der Waals surface area (Å²) in [5, 5.41) is 12.1. The summed E-state index contributed by atoms with van der Waals surface area (Å²) in [7, 11) is 0. The Morgan fingerprint density at radius 2 is 1.79 bits per heavy atom. The standard InChI is InChI=1S/C24H22N6O3S/c1-15-10-16(2)27-24(26-15)34-13-19-22(28-29-30(19)18-6-4-3-5-7-18)23(31)25-12-17-8-9-20-21(11-17)33-14-32-20/h3-11H,12-14H2,1-2H3,(H,25,31). The van der Waals surface area contributed by atoms with Crippen LogP contribution in [0.4, 0.5) is 0 Å². The average Bonchev–Trinajstić information content (AvgIpc) is 3.48. The van der Waals surface area contributed by atoms with Crippen LogP contribution in [0.1, 0.15) is 33.1 Å². The van der Waals surface area contributed by atoms with E-state index >= 15 is 0 Å². The maximum absolute atomic E-state index is 13.1. The third kappa shape index (κ3) is 4.72. The zero-order valence-electron chi connectivity index (χ0n) is 18.7. The predicted octanol–water partition coefficient (Wildman–Crippen LogP) is 3.63. The lowest BCUT2D eigenvalue weighted by Crippen LogP contribution is -2.24. The first-order valence-electron chi connectivity index (χ1n) is 10.7. The molecule has 9 nitrogen and oxygen atoms in total. The molecule has 0 saturated heterocycles. The number of nitrogens with one attached hydrogen (secondary N) is 1. The van der Waals surface area contributed by atoms with E-state index in [-0.39, 0.29) is 18.4 Å². The van der Waals surface area contributed by atoms with Crippen molar-refractivity contribution in [1.82, 2.24) is 30.3 Å². The van der Waals surface area contributed by atoms with Crippen LogP contribution in [-0.2, 0) is 12.3 Å². The van der Waals surface area contributed by atoms with Crippen LogP contribution in [0.3, 0.4) is 0 Å². The van der Waals surface area contributed by atoms with Crippen molar-refractivity contribution in [3.8, 4) is 17.2 Å². The summed E-state index contributed by atoms with van der Waals surface area (Å²) < 4.78 is 12.4. The molecule has 1 N–H and O–H groups in total. The Morgan fingerprint density at radius 1 is 1.03 bits per heavy atom. The summed E-state index contributed by atoms with van der Waals surface area (Å²) in [5.74, 6) is 1.50. The summed E-state index contributed by atoms with van der Waals surface area (Å²) in [6.45, 7) is 4.40. The van der Waals surface area contributed by atoms with E-state index in [2.05, 4.69) is 25.6 Å². The molecular weight excluding hydrogens is 452 g/mol. The number of rotatable bonds is 7. The number of hydrogen-bond donors (Lipinski definition) is 1. The Morgan fingerprint density at radius 3 is 2.59 bits per heavy atom. The number of benzene rings is 2. The summed E-state index contributed by atoms with van der Waals surface area (Å²) >= 11 is 1.44. The van der Waals surface area contributed by atoms with E-state index in [1.807, 2.05) is 68.4 Å². The van der Waals surface area contributed by atoms with Crippen molar-refractivity contribution in [2.45, 2.75) is 31.3 Å². The van der Waals surface area contributed by atoms with E-state index in [9.17, 15) is 4.79 Å². The number of nitrogens with zero attached hydrogens (tertiary/aromatic N) is 5. The normalized spacial score (nSPS) is 12.1. The Hall–Kier alpha value is -3.92. The molecule has 2 aromatic carbocycles. The molecule has 0 fully saturated rings. The fourth-order valence-electron chi connectivity index (χ4n) is 3.59. The van der Waals surface area contributed by atoms with Gasteiger partial charge in [0, 0.05) is 23.7 Å². The second kappa shape index (κ2) is 9.52. The van der Waals surface area contributed by atoms with E-state index < -0.39 is 0 Å². The van der Waals surface area contributed by atoms with Crippen LogP contribution >= 0.6 is 11.8 Å². The van der Waals surface area contributed by atoms with Crippen molar-refractivity contribution < 1.29 is 14.3 Å². The van der Waals surface area contributed by atoms with Gasteiger partial charge < -0.3 is 14.8 Å². The zero-order chi connectivity index (χ0) is 23.5. The molecule has 0 bridgehead atoms. The van der Waals surface area contributed by atoms with Gasteiger partial charge in [0.25, 0.3) is 5.91 Å². The highest BCUT2D eigenvalue weighted by molar-refractivity contribution is 7.98. The second-order valence-corrected chi connectivity index (χ2v) is 8.67. The van der Waals surface area contributed by atoms with Gasteiger partial charge in [-0.2, -0.15) is 0 Å². The van der Waals surface area contributed by atoms with E-state index in [0.29, 0.717) is 34.6 Å². The molecule has 0 radical (unpaired) electrons. The minimum Gasteiger partial charge on any atom is -0.454 e. The number of hydrogen-bond acceptors (Lipinski definition) is 8. The van der Waals surface area contributed by atoms with Crippen molar-refractivity contribution >= 4 is 17.7 Å². The van der Waals surface area contributed by atoms with E-state index in [4.69, 9.17) is 9.47 Å². The molecule has 5 rings (SSSR count). The number of para-hydroxylation sites is 1. The molecule has 3 heterocycles. The molecule has 1 amide bonds. The number of ether oxygens (including phenoxy) is 2. The second-order valence-electron chi connectivity index (χ2n) is 7.72. The van der Waals surface area contributed by atoms with Gasteiger partial charge in [0.1, 0.15) is 0 Å². The summed E-state index contributed by atoms with van der Waals surface area (Å²) in [6, 6.07) is 17.1. The van der Waals surface area contributed by atoms with E-state index in [0.717, 1.165) is 22.6 Å². The van der Waals surface area contributed by atoms with Gasteiger partial charge >= 0.3 is 0 Å². The van der Waals surface area contributed by atoms with Gasteiger partial charge in [-0.25, -0.2) is 14.6 Å². The number of aryl methyl sites for hydroxylation is 2. The minimum atomic E-state index is -0.309. The van der Waals surface area contributed by atoms with Crippen LogP contribution in [0.15, 0.2) is 59.8 Å². The Balaban J connectivity index is 1.38. The molecule has 0 spiro atoms. The highest BCUT2D eigenvalue weighted by Crippen LogP contribution is 2.32. The van der Waals surface area contributed by atoms with Crippen LogP contribution in [0.5, 0.6) is 11.5 Å². The highest BCUT2D eigenvalue weighted by Gasteiger charge is 2.22. The average molecular weight is 475 g/mol. The number of thioether (sulfide) groups is 1. The molecule has 10 heteroatoms. The molecule has 4 aromatic rings. The van der Waals surface area contributed by atoms with Crippen LogP contribution in [-0.4, -0.2) is 37.7 Å². The van der Waals surface area contributed by atoms with Gasteiger partial charge in [-0.1, -0.05) is 41.2 Å². The molecule has 34 heavy (non-hydrogen) atoms. The number of carbonyl (C=O) groups is 1. The lowest BCUT2D eigenvalue weighted by atomic mass is 10.2. The SMILES string of the molecule is Cc1cc(C)nc(SCc2c(C(=O)NCc3ccc4c(c3)OCO4)nnn2-c2ccccc2)n1. The third-order valence-corrected chi connectivity index (χ3v) is 6.03. The van der Waals surface area contributed by atoms with Crippen molar-refractivity contribution in [2.75, 3.05) is 6.79 Å². The lowest BCUT2D eigenvalue weighted by molar-refractivity contribution is 0.0945. The van der Waals surface area contributed by atoms with Crippen LogP contribution in [0, 0.1) is 13.8 Å². The Labute approximate surface area is 200 Å². The topological polar surface area (TPSA) is 104 Å². The largest absolute Gasteiger partial charge is 0.454 e. The van der Waals surface area contributed by atoms with Gasteiger partial charge in [-0.15, -0.1) is 5.10 Å². The molecule has 0 saturated carbocycles. The number of aromatic nitrogens is 5. The predicted molar refractivity (Wildman–Crippen MR) is 126 cm³/mol. The first-order chi connectivity index (χ1) is 16.6. The molecule has 0 aliphatic carbocycles. The monoisotopic (exact) mass is 474 g/mol. The summed E-state index contributed by atoms with van der Waals surface area (Å²) in [5.41, 5.74) is 4.44. The number of amides is 1. The van der Waals surface area contributed by atoms with Crippen molar-refractivity contribution in [2.24, 2.45) is 0 Å². The molecule has 0 unspecified atom stereocenters. The van der Waals surface area contributed by atoms with Crippen molar-refractivity contribution in [1.29, 1.82) is 0 Å².